The molecule has 0 amide bonds. The number of carbonyl (C=O) groups excluding carboxylic acids is 2. The van der Waals surface area contributed by atoms with Gasteiger partial charge in [0.2, 0.25) is 11.6 Å². The van der Waals surface area contributed by atoms with Gasteiger partial charge in [0.25, 0.3) is 0 Å². The van der Waals surface area contributed by atoms with Crippen LogP contribution in [0.15, 0.2) is 35.0 Å². The number of hydrogen-bond acceptors (Lipinski definition) is 5. The van der Waals surface area contributed by atoms with Crippen LogP contribution in [0, 0.1) is 0 Å². The first-order valence-corrected chi connectivity index (χ1v) is 7.64. The molecule has 0 unspecified atom stereocenters. The first-order valence-electron chi connectivity index (χ1n) is 7.26. The third-order valence-corrected chi connectivity index (χ3v) is 4.44. The second-order valence-corrected chi connectivity index (χ2v) is 5.90. The molecule has 2 aliphatic rings. The van der Waals surface area contributed by atoms with Gasteiger partial charge in [-0.15, -0.1) is 0 Å². The Morgan fingerprint density at radius 1 is 1.04 bits per heavy atom. The number of allylic oxidation sites excluding steroid dienone is 2. The molecule has 23 heavy (non-hydrogen) atoms. The zero-order chi connectivity index (χ0) is 16.6. The molecule has 3 rings (SSSR count). The van der Waals surface area contributed by atoms with Gasteiger partial charge < -0.3 is 10.0 Å². The minimum atomic E-state index is -0.881. The number of ketones is 2. The van der Waals surface area contributed by atoms with Crippen LogP contribution in [0.3, 0.4) is 0 Å². The molecule has 0 spiro atoms. The van der Waals surface area contributed by atoms with Gasteiger partial charge in [0.05, 0.1) is 6.54 Å². The first kappa shape index (κ1) is 15.7. The van der Waals surface area contributed by atoms with Crippen molar-refractivity contribution in [2.45, 2.75) is 0 Å². The molecule has 1 saturated heterocycles. The maximum absolute atomic E-state index is 12.7. The van der Waals surface area contributed by atoms with Gasteiger partial charge in [-0.05, 0) is 0 Å². The molecule has 1 heterocycles. The Morgan fingerprint density at radius 2 is 1.61 bits per heavy atom. The van der Waals surface area contributed by atoms with E-state index in [-0.39, 0.29) is 28.8 Å². The van der Waals surface area contributed by atoms with Gasteiger partial charge in [-0.25, -0.2) is 0 Å². The van der Waals surface area contributed by atoms with Crippen LogP contribution in [0.5, 0.6) is 0 Å². The van der Waals surface area contributed by atoms with Gasteiger partial charge in [-0.1, -0.05) is 35.9 Å². The van der Waals surface area contributed by atoms with Crippen LogP contribution in [-0.4, -0.2) is 65.2 Å². The van der Waals surface area contributed by atoms with Crippen molar-refractivity contribution < 1.29 is 19.5 Å². The Kier molecular flexibility index (Phi) is 4.19. The quantitative estimate of drug-likeness (QED) is 0.895. The molecule has 0 aromatic heterocycles. The summed E-state index contributed by atoms with van der Waals surface area (Å²) in [5.41, 5.74) is 0.922. The zero-order valence-electron chi connectivity index (χ0n) is 12.3. The van der Waals surface area contributed by atoms with E-state index in [1.54, 1.807) is 34.1 Å². The van der Waals surface area contributed by atoms with Gasteiger partial charge >= 0.3 is 5.97 Å². The number of aliphatic carboxylic acids is 1. The van der Waals surface area contributed by atoms with Crippen LogP contribution >= 0.6 is 11.6 Å². The Labute approximate surface area is 137 Å². The summed E-state index contributed by atoms with van der Waals surface area (Å²) in [4.78, 5) is 39.4. The number of carbonyl (C=O) groups is 3. The number of Topliss-reactive ketones (excluding diaryl/α,β-unsaturated/α-hetero) is 2. The number of carboxylic acids is 1. The Morgan fingerprint density at radius 3 is 2.17 bits per heavy atom. The van der Waals surface area contributed by atoms with E-state index in [1.807, 2.05) is 0 Å². The summed E-state index contributed by atoms with van der Waals surface area (Å²) in [6.07, 6.45) is 0. The standard InChI is InChI=1S/C16H15ClN2O4/c17-13-14(19-7-5-18(6-8-19)9-12(20)21)16(23)11-4-2-1-3-10(11)15(13)22/h1-4H,5-9H2,(H,20,21). The van der Waals surface area contributed by atoms with Crippen molar-refractivity contribution in [1.29, 1.82) is 0 Å². The fraction of sp³-hybridized carbons (Fsp3) is 0.312. The zero-order valence-corrected chi connectivity index (χ0v) is 13.0. The summed E-state index contributed by atoms with van der Waals surface area (Å²) in [6.45, 7) is 1.89. The van der Waals surface area contributed by atoms with Gasteiger partial charge in [-0.2, -0.15) is 0 Å². The van der Waals surface area contributed by atoms with Gasteiger partial charge in [0.1, 0.15) is 10.7 Å². The third kappa shape index (κ3) is 2.87. The topological polar surface area (TPSA) is 77.9 Å². The largest absolute Gasteiger partial charge is 0.480 e. The highest BCUT2D eigenvalue weighted by Crippen LogP contribution is 2.30. The lowest BCUT2D eigenvalue weighted by atomic mass is 9.91. The summed E-state index contributed by atoms with van der Waals surface area (Å²) >= 11 is 6.17. The molecule has 1 aliphatic carbocycles. The van der Waals surface area contributed by atoms with Crippen LogP contribution in [-0.2, 0) is 4.79 Å². The number of carboxylic acid groups (broad SMARTS) is 1. The molecule has 1 aromatic rings. The molecule has 0 bridgehead atoms. The number of fused-ring (bicyclic) bond motifs is 1. The molecular weight excluding hydrogens is 320 g/mol. The Balaban J connectivity index is 1.84. The van der Waals surface area contributed by atoms with E-state index in [0.29, 0.717) is 37.3 Å². The lowest BCUT2D eigenvalue weighted by Gasteiger charge is -2.37. The minimum absolute atomic E-state index is 0.0314. The maximum atomic E-state index is 12.7. The average Bonchev–Trinajstić information content (AvgIpc) is 2.54. The lowest BCUT2D eigenvalue weighted by molar-refractivity contribution is -0.138. The molecule has 120 valence electrons. The highest BCUT2D eigenvalue weighted by Gasteiger charge is 2.35. The number of piperazine rings is 1. The van der Waals surface area contributed by atoms with E-state index < -0.39 is 5.97 Å². The summed E-state index contributed by atoms with van der Waals surface area (Å²) in [5.74, 6) is -1.48. The number of rotatable bonds is 3. The van der Waals surface area contributed by atoms with Crippen molar-refractivity contribution in [1.82, 2.24) is 9.80 Å². The average molecular weight is 335 g/mol. The highest BCUT2D eigenvalue weighted by atomic mass is 35.5. The molecule has 0 radical (unpaired) electrons. The van der Waals surface area contributed by atoms with Crippen molar-refractivity contribution in [3.8, 4) is 0 Å². The first-order chi connectivity index (χ1) is 11.0. The van der Waals surface area contributed by atoms with Gasteiger partial charge in [0, 0.05) is 37.3 Å². The van der Waals surface area contributed by atoms with Crippen molar-refractivity contribution in [3.63, 3.8) is 0 Å². The van der Waals surface area contributed by atoms with Crippen LogP contribution in [0.4, 0.5) is 0 Å². The summed E-state index contributed by atoms with van der Waals surface area (Å²) in [7, 11) is 0. The molecule has 6 nitrogen and oxygen atoms in total. The Hall–Kier alpha value is -2.18. The second kappa shape index (κ2) is 6.14. The molecule has 1 N–H and O–H groups in total. The van der Waals surface area contributed by atoms with E-state index in [2.05, 4.69) is 0 Å². The summed E-state index contributed by atoms with van der Waals surface area (Å²) in [5, 5.41) is 8.77. The van der Waals surface area contributed by atoms with E-state index in [0.717, 1.165) is 0 Å². The van der Waals surface area contributed by atoms with Crippen molar-refractivity contribution in [3.05, 3.63) is 46.1 Å². The predicted octanol–water partition coefficient (Wildman–Crippen LogP) is 1.22. The second-order valence-electron chi connectivity index (χ2n) is 5.52. The normalized spacial score (nSPS) is 19.1. The number of hydrogen-bond donors (Lipinski definition) is 1. The number of benzene rings is 1. The van der Waals surface area contributed by atoms with E-state index >= 15 is 0 Å². The van der Waals surface area contributed by atoms with Crippen LogP contribution in [0.1, 0.15) is 20.7 Å². The molecule has 1 aliphatic heterocycles. The van der Waals surface area contributed by atoms with E-state index in [4.69, 9.17) is 16.7 Å². The molecule has 0 atom stereocenters. The van der Waals surface area contributed by atoms with Crippen LogP contribution < -0.4 is 0 Å². The highest BCUT2D eigenvalue weighted by molar-refractivity contribution is 6.49. The maximum Gasteiger partial charge on any atom is 0.317 e. The molecular formula is C16H15ClN2O4. The van der Waals surface area contributed by atoms with Crippen molar-refractivity contribution >= 4 is 29.1 Å². The van der Waals surface area contributed by atoms with Crippen LogP contribution in [0.25, 0.3) is 0 Å². The summed E-state index contributed by atoms with van der Waals surface area (Å²) < 4.78 is 0. The molecule has 7 heteroatoms. The monoisotopic (exact) mass is 334 g/mol. The molecule has 1 aromatic carbocycles. The fourth-order valence-corrected chi connectivity index (χ4v) is 3.24. The van der Waals surface area contributed by atoms with Crippen molar-refractivity contribution in [2.75, 3.05) is 32.7 Å². The minimum Gasteiger partial charge on any atom is -0.480 e. The Bertz CT molecular complexity index is 721. The lowest BCUT2D eigenvalue weighted by Crippen LogP contribution is -2.49. The predicted molar refractivity (Wildman–Crippen MR) is 83.6 cm³/mol. The number of nitrogens with zero attached hydrogens (tertiary/aromatic N) is 2. The molecule has 1 fully saturated rings. The number of halogens is 1. The van der Waals surface area contributed by atoms with E-state index in [1.165, 1.54) is 0 Å². The van der Waals surface area contributed by atoms with Crippen LogP contribution in [0.2, 0.25) is 0 Å². The van der Waals surface area contributed by atoms with E-state index in [9.17, 15) is 14.4 Å². The smallest absolute Gasteiger partial charge is 0.317 e. The van der Waals surface area contributed by atoms with Gasteiger partial charge in [0.15, 0.2) is 0 Å². The SMILES string of the molecule is O=C(O)CN1CCN(C2=C(Cl)C(=O)c3ccccc3C2=O)CC1. The summed E-state index contributed by atoms with van der Waals surface area (Å²) in [6, 6.07) is 6.63. The van der Waals surface area contributed by atoms with Crippen molar-refractivity contribution in [2.24, 2.45) is 0 Å². The van der Waals surface area contributed by atoms with Gasteiger partial charge in [-0.3, -0.25) is 19.3 Å². The molecule has 0 saturated carbocycles. The third-order valence-electron chi connectivity index (χ3n) is 4.09. The fourth-order valence-electron chi connectivity index (χ4n) is 2.94.